The van der Waals surface area contributed by atoms with Crippen LogP contribution in [-0.4, -0.2) is 39.8 Å². The van der Waals surface area contributed by atoms with E-state index in [2.05, 4.69) is 10.2 Å². The summed E-state index contributed by atoms with van der Waals surface area (Å²) in [5.74, 6) is 6.50. The first-order valence-corrected chi connectivity index (χ1v) is 9.60. The van der Waals surface area contributed by atoms with Gasteiger partial charge in [0.25, 0.3) is 0 Å². The van der Waals surface area contributed by atoms with E-state index < -0.39 is 5.25 Å². The van der Waals surface area contributed by atoms with Crippen molar-refractivity contribution in [1.82, 2.24) is 19.8 Å². The lowest BCUT2D eigenvalue weighted by Gasteiger charge is -2.20. The summed E-state index contributed by atoms with van der Waals surface area (Å²) in [7, 11) is 3.42. The van der Waals surface area contributed by atoms with Crippen LogP contribution in [0.5, 0.6) is 0 Å². The normalized spacial score (nSPS) is 12.0. The van der Waals surface area contributed by atoms with Gasteiger partial charge in [0.2, 0.25) is 11.1 Å². The van der Waals surface area contributed by atoms with Crippen LogP contribution in [0.2, 0.25) is 10.0 Å². The molecule has 0 radical (unpaired) electrons. The smallest absolute Gasteiger partial charge is 0.240 e. The maximum atomic E-state index is 12.7. The second kappa shape index (κ2) is 8.21. The first-order chi connectivity index (χ1) is 12.9. The molecule has 0 aliphatic heterocycles. The van der Waals surface area contributed by atoms with Gasteiger partial charge >= 0.3 is 0 Å². The predicted octanol–water partition coefficient (Wildman–Crippen LogP) is 3.89. The Morgan fingerprint density at radius 2 is 1.85 bits per heavy atom. The maximum Gasteiger partial charge on any atom is 0.240 e. The number of likely N-dealkylation sites (N-methyl/N-ethyl adjacent to an activating group) is 1. The summed E-state index contributed by atoms with van der Waals surface area (Å²) in [6.07, 6.45) is 0. The Hall–Kier alpha value is -2.22. The van der Waals surface area contributed by atoms with Crippen molar-refractivity contribution < 1.29 is 4.79 Å². The first-order valence-electron chi connectivity index (χ1n) is 7.97. The first kappa shape index (κ1) is 19.5. The molecule has 0 unspecified atom stereocenters. The lowest BCUT2D eigenvalue weighted by molar-refractivity contribution is -0.128. The Kier molecular flexibility index (Phi) is 5.94. The van der Waals surface area contributed by atoms with Crippen molar-refractivity contribution in [2.45, 2.75) is 10.4 Å². The third kappa shape index (κ3) is 4.21. The minimum Gasteiger partial charge on any atom is -0.348 e. The Balaban J connectivity index is 1.97. The third-order valence-electron chi connectivity index (χ3n) is 3.82. The van der Waals surface area contributed by atoms with Crippen LogP contribution in [0.3, 0.4) is 0 Å². The van der Waals surface area contributed by atoms with Crippen molar-refractivity contribution in [2.75, 3.05) is 19.9 Å². The number of nitrogens with two attached hydrogens (primary N) is 1. The Labute approximate surface area is 171 Å². The molecule has 2 N–H and O–H groups in total. The van der Waals surface area contributed by atoms with Crippen LogP contribution in [-0.2, 0) is 4.79 Å². The van der Waals surface area contributed by atoms with E-state index in [1.807, 2.05) is 30.3 Å². The Morgan fingerprint density at radius 3 is 2.52 bits per heavy atom. The SMILES string of the molecule is CN(C)C(=O)[C@H](Sc1nnc(-c2cc(Cl)ccc2Cl)n1N)c1ccccc1. The topological polar surface area (TPSA) is 77.0 Å². The van der Waals surface area contributed by atoms with E-state index in [0.717, 1.165) is 5.56 Å². The molecule has 0 aliphatic rings. The number of benzene rings is 2. The van der Waals surface area contributed by atoms with Crippen molar-refractivity contribution in [3.8, 4) is 11.4 Å². The fraction of sp³-hybridized carbons (Fsp3) is 0.167. The quantitative estimate of drug-likeness (QED) is 0.499. The number of halogens is 2. The zero-order chi connectivity index (χ0) is 19.6. The van der Waals surface area contributed by atoms with Gasteiger partial charge in [-0.3, -0.25) is 4.79 Å². The van der Waals surface area contributed by atoms with Gasteiger partial charge in [0.05, 0.1) is 5.02 Å². The number of rotatable bonds is 5. The molecule has 0 aliphatic carbocycles. The van der Waals surface area contributed by atoms with Gasteiger partial charge in [0.1, 0.15) is 5.25 Å². The molecule has 0 saturated carbocycles. The number of hydrogen-bond donors (Lipinski definition) is 1. The van der Waals surface area contributed by atoms with Crippen molar-refractivity contribution >= 4 is 40.9 Å². The molecule has 1 aromatic heterocycles. The standard InChI is InChI=1S/C18H17Cl2N5OS/c1-24(2)17(26)15(11-6-4-3-5-7-11)27-18-23-22-16(25(18)21)13-10-12(19)8-9-14(13)20/h3-10,15H,21H2,1-2H3/t15-/m1/s1. The zero-order valence-corrected chi connectivity index (χ0v) is 17.0. The van der Waals surface area contributed by atoms with E-state index in [1.54, 1.807) is 32.3 Å². The van der Waals surface area contributed by atoms with Gasteiger partial charge in [0.15, 0.2) is 5.82 Å². The monoisotopic (exact) mass is 421 g/mol. The van der Waals surface area contributed by atoms with E-state index in [9.17, 15) is 4.79 Å². The molecule has 0 fully saturated rings. The van der Waals surface area contributed by atoms with Crippen LogP contribution in [0.25, 0.3) is 11.4 Å². The van der Waals surface area contributed by atoms with Crippen molar-refractivity contribution in [3.63, 3.8) is 0 Å². The average molecular weight is 422 g/mol. The summed E-state index contributed by atoms with van der Waals surface area (Å²) < 4.78 is 1.32. The number of carbonyl (C=O) groups excluding carboxylic acids is 1. The Morgan fingerprint density at radius 1 is 1.15 bits per heavy atom. The highest BCUT2D eigenvalue weighted by Gasteiger charge is 2.27. The van der Waals surface area contributed by atoms with E-state index in [1.165, 1.54) is 21.3 Å². The third-order valence-corrected chi connectivity index (χ3v) is 5.59. The van der Waals surface area contributed by atoms with Crippen LogP contribution < -0.4 is 5.84 Å². The molecule has 0 spiro atoms. The molecule has 1 atom stereocenters. The minimum absolute atomic E-state index is 0.0727. The summed E-state index contributed by atoms with van der Waals surface area (Å²) in [4.78, 5) is 14.2. The van der Waals surface area contributed by atoms with Crippen LogP contribution in [0.15, 0.2) is 53.7 Å². The second-order valence-electron chi connectivity index (χ2n) is 5.94. The van der Waals surface area contributed by atoms with Gasteiger partial charge in [-0.05, 0) is 23.8 Å². The van der Waals surface area contributed by atoms with Gasteiger partial charge in [-0.15, -0.1) is 10.2 Å². The van der Waals surface area contributed by atoms with Crippen molar-refractivity contribution in [1.29, 1.82) is 0 Å². The minimum atomic E-state index is -0.504. The molecule has 140 valence electrons. The van der Waals surface area contributed by atoms with Crippen molar-refractivity contribution in [3.05, 3.63) is 64.1 Å². The van der Waals surface area contributed by atoms with E-state index >= 15 is 0 Å². The van der Waals surface area contributed by atoms with Gasteiger partial charge in [-0.25, -0.2) is 4.68 Å². The number of nitrogens with zero attached hydrogens (tertiary/aromatic N) is 4. The molecule has 0 saturated heterocycles. The summed E-state index contributed by atoms with van der Waals surface area (Å²) >= 11 is 13.5. The van der Waals surface area contributed by atoms with Crippen LogP contribution in [0, 0.1) is 0 Å². The van der Waals surface area contributed by atoms with E-state index in [-0.39, 0.29) is 5.91 Å². The number of thioether (sulfide) groups is 1. The molecule has 6 nitrogen and oxygen atoms in total. The zero-order valence-electron chi connectivity index (χ0n) is 14.6. The number of nitrogen functional groups attached to an aromatic ring is 1. The highest BCUT2D eigenvalue weighted by Crippen LogP contribution is 2.37. The maximum absolute atomic E-state index is 12.7. The van der Waals surface area contributed by atoms with Gasteiger partial charge in [0, 0.05) is 24.7 Å². The lowest BCUT2D eigenvalue weighted by Crippen LogP contribution is -2.27. The molecular formula is C18H17Cl2N5OS. The molecule has 3 aromatic rings. The fourth-order valence-electron chi connectivity index (χ4n) is 2.44. The Bertz CT molecular complexity index is 962. The molecule has 0 bridgehead atoms. The molecular weight excluding hydrogens is 405 g/mol. The molecule has 1 amide bonds. The summed E-state index contributed by atoms with van der Waals surface area (Å²) in [6.45, 7) is 0. The van der Waals surface area contributed by atoms with Crippen molar-refractivity contribution in [2.24, 2.45) is 0 Å². The van der Waals surface area contributed by atoms with Gasteiger partial charge in [-0.1, -0.05) is 65.3 Å². The molecule has 9 heteroatoms. The number of aromatic nitrogens is 3. The number of amides is 1. The predicted molar refractivity (Wildman–Crippen MR) is 109 cm³/mol. The van der Waals surface area contributed by atoms with Crippen LogP contribution in [0.4, 0.5) is 0 Å². The summed E-state index contributed by atoms with van der Waals surface area (Å²) in [6, 6.07) is 14.5. The highest BCUT2D eigenvalue weighted by molar-refractivity contribution is 8.00. The van der Waals surface area contributed by atoms with E-state index in [4.69, 9.17) is 29.0 Å². The summed E-state index contributed by atoms with van der Waals surface area (Å²) in [5.41, 5.74) is 1.42. The lowest BCUT2D eigenvalue weighted by atomic mass is 10.1. The summed E-state index contributed by atoms with van der Waals surface area (Å²) in [5, 5.41) is 9.14. The molecule has 27 heavy (non-hydrogen) atoms. The molecule has 2 aromatic carbocycles. The molecule has 3 rings (SSSR count). The fourth-order valence-corrected chi connectivity index (χ4v) is 3.92. The van der Waals surface area contributed by atoms with Gasteiger partial charge < -0.3 is 10.7 Å². The number of carbonyl (C=O) groups is 1. The van der Waals surface area contributed by atoms with Crippen LogP contribution in [0.1, 0.15) is 10.8 Å². The van der Waals surface area contributed by atoms with Gasteiger partial charge in [-0.2, -0.15) is 0 Å². The van der Waals surface area contributed by atoms with Crippen LogP contribution >= 0.6 is 35.0 Å². The second-order valence-corrected chi connectivity index (χ2v) is 7.86. The number of hydrogen-bond acceptors (Lipinski definition) is 5. The molecule has 1 heterocycles. The highest BCUT2D eigenvalue weighted by atomic mass is 35.5. The van der Waals surface area contributed by atoms with E-state index in [0.29, 0.717) is 26.6 Å². The average Bonchev–Trinajstić information content (AvgIpc) is 3.02. The largest absolute Gasteiger partial charge is 0.348 e.